The van der Waals surface area contributed by atoms with Gasteiger partial charge in [0.2, 0.25) is 0 Å². The van der Waals surface area contributed by atoms with Crippen LogP contribution in [-0.4, -0.2) is 56.8 Å². The zero-order valence-corrected chi connectivity index (χ0v) is 18.9. The van der Waals surface area contributed by atoms with Gasteiger partial charge in [0, 0.05) is 12.4 Å². The van der Waals surface area contributed by atoms with Gasteiger partial charge in [-0.2, -0.15) is 0 Å². The van der Waals surface area contributed by atoms with Gasteiger partial charge < -0.3 is 9.94 Å². The van der Waals surface area contributed by atoms with Crippen molar-refractivity contribution in [1.82, 2.24) is 24.7 Å². The van der Waals surface area contributed by atoms with Crippen molar-refractivity contribution in [2.24, 2.45) is 0 Å². The lowest BCUT2D eigenvalue weighted by molar-refractivity contribution is 0.00500. The first-order valence-corrected chi connectivity index (χ1v) is 11.6. The predicted octanol–water partition coefficient (Wildman–Crippen LogP) is 3.50. The highest BCUT2D eigenvalue weighted by atomic mass is 32.2. The number of carbonyl (C=O) groups excluding carboxylic acids is 1. The molecule has 1 saturated heterocycles. The topological polar surface area (TPSA) is 91.3 Å². The first-order valence-electron chi connectivity index (χ1n) is 9.81. The quantitative estimate of drug-likeness (QED) is 0.200. The second-order valence-electron chi connectivity index (χ2n) is 6.93. The zero-order chi connectivity index (χ0) is 21.8. The number of carbonyl (C=O) groups is 1. The SMILES string of the molecule is C#CC(CC)(CC)N1CC(OC(=O)c2cccnc2)[N+]([O-])(c2nnc(SCC)s2)C1. The Hall–Kier alpha value is -2.03. The molecule has 0 saturated carbocycles. The molecule has 0 aromatic carbocycles. The van der Waals surface area contributed by atoms with E-state index in [1.165, 1.54) is 29.3 Å². The Morgan fingerprint density at radius 3 is 2.83 bits per heavy atom. The van der Waals surface area contributed by atoms with Crippen LogP contribution >= 0.6 is 23.1 Å². The number of nitrogens with zero attached hydrogens (tertiary/aromatic N) is 5. The van der Waals surface area contributed by atoms with Crippen LogP contribution in [0.4, 0.5) is 5.13 Å². The van der Waals surface area contributed by atoms with Crippen LogP contribution in [0.1, 0.15) is 44.0 Å². The fourth-order valence-electron chi connectivity index (χ4n) is 3.54. The molecular formula is C20H25N5O3S2. The van der Waals surface area contributed by atoms with Crippen molar-refractivity contribution in [3.8, 4) is 12.3 Å². The molecule has 2 unspecified atom stereocenters. The summed E-state index contributed by atoms with van der Waals surface area (Å²) in [6.45, 7) is 6.27. The number of pyridine rings is 1. The van der Waals surface area contributed by atoms with Crippen LogP contribution < -0.4 is 4.65 Å². The van der Waals surface area contributed by atoms with E-state index in [0.29, 0.717) is 17.2 Å². The van der Waals surface area contributed by atoms with Crippen molar-refractivity contribution < 1.29 is 9.53 Å². The van der Waals surface area contributed by atoms with Gasteiger partial charge in [0.05, 0.1) is 17.6 Å². The molecule has 8 nitrogen and oxygen atoms in total. The monoisotopic (exact) mass is 447 g/mol. The molecule has 3 rings (SSSR count). The van der Waals surface area contributed by atoms with E-state index in [9.17, 15) is 10.0 Å². The summed E-state index contributed by atoms with van der Waals surface area (Å²) in [5, 5.41) is 22.6. The fourth-order valence-corrected chi connectivity index (χ4v) is 5.35. The maximum atomic E-state index is 14.1. The summed E-state index contributed by atoms with van der Waals surface area (Å²) in [7, 11) is 0. The fraction of sp³-hybridized carbons (Fsp3) is 0.500. The van der Waals surface area contributed by atoms with E-state index in [-0.39, 0.29) is 23.9 Å². The normalized spacial score (nSPS) is 22.0. The van der Waals surface area contributed by atoms with Gasteiger partial charge in [-0.05, 0) is 42.1 Å². The molecule has 1 fully saturated rings. The minimum atomic E-state index is -1.00. The standard InChI is InChI=1S/C20H25N5O3S2/c1-5-20(6-2,7-3)24-13-16(28-17(26)15-10-9-11-21-12-15)25(27,14-24)18-22-23-19(30-18)29-8-4/h1,9-12,16H,6-8,13-14H2,2-4H3. The second kappa shape index (κ2) is 9.41. The summed E-state index contributed by atoms with van der Waals surface area (Å²) in [6, 6.07) is 3.25. The molecule has 160 valence electrons. The first kappa shape index (κ1) is 22.7. The predicted molar refractivity (Wildman–Crippen MR) is 119 cm³/mol. The Bertz CT molecular complexity index is 913. The average molecular weight is 448 g/mol. The van der Waals surface area contributed by atoms with E-state index < -0.39 is 22.4 Å². The van der Waals surface area contributed by atoms with E-state index in [1.54, 1.807) is 18.3 Å². The van der Waals surface area contributed by atoms with E-state index in [2.05, 4.69) is 21.1 Å². The number of terminal acetylenes is 1. The molecule has 0 spiro atoms. The summed E-state index contributed by atoms with van der Waals surface area (Å²) >= 11 is 2.75. The molecular weight excluding hydrogens is 422 g/mol. The molecule has 30 heavy (non-hydrogen) atoms. The third kappa shape index (κ3) is 4.22. The lowest BCUT2D eigenvalue weighted by atomic mass is 9.92. The third-order valence-electron chi connectivity index (χ3n) is 5.39. The number of aromatic nitrogens is 3. The maximum Gasteiger partial charge on any atom is 0.344 e. The average Bonchev–Trinajstić information content (AvgIpc) is 3.37. The van der Waals surface area contributed by atoms with E-state index >= 15 is 0 Å². The number of quaternary nitrogens is 1. The summed E-state index contributed by atoms with van der Waals surface area (Å²) < 4.78 is 5.49. The van der Waals surface area contributed by atoms with Gasteiger partial charge in [-0.15, -0.1) is 11.5 Å². The van der Waals surface area contributed by atoms with Crippen LogP contribution in [0.25, 0.3) is 0 Å². The number of esters is 1. The minimum absolute atomic E-state index is 0.0439. The number of rotatable bonds is 8. The molecule has 0 amide bonds. The van der Waals surface area contributed by atoms with Crippen LogP contribution in [0.5, 0.6) is 0 Å². The van der Waals surface area contributed by atoms with Gasteiger partial charge in [0.25, 0.3) is 6.23 Å². The van der Waals surface area contributed by atoms with E-state index in [1.807, 2.05) is 25.7 Å². The van der Waals surface area contributed by atoms with Gasteiger partial charge in [0.1, 0.15) is 6.67 Å². The highest BCUT2D eigenvalue weighted by Crippen LogP contribution is 2.40. The molecule has 2 aromatic rings. The first-order chi connectivity index (χ1) is 14.4. The van der Waals surface area contributed by atoms with Crippen molar-refractivity contribution in [2.45, 2.75) is 49.7 Å². The molecule has 0 aliphatic carbocycles. The molecule has 0 N–H and O–H groups in total. The Morgan fingerprint density at radius 2 is 2.23 bits per heavy atom. The van der Waals surface area contributed by atoms with Crippen LogP contribution in [0.2, 0.25) is 0 Å². The lowest BCUT2D eigenvalue weighted by Crippen LogP contribution is -2.52. The Morgan fingerprint density at radius 1 is 1.47 bits per heavy atom. The summed E-state index contributed by atoms with van der Waals surface area (Å²) in [5.74, 6) is 3.09. The molecule has 0 radical (unpaired) electrons. The highest BCUT2D eigenvalue weighted by Gasteiger charge is 2.51. The van der Waals surface area contributed by atoms with Crippen molar-refractivity contribution in [2.75, 3.05) is 19.0 Å². The Labute approximate surface area is 184 Å². The van der Waals surface area contributed by atoms with Crippen molar-refractivity contribution in [3.05, 3.63) is 35.3 Å². The zero-order valence-electron chi connectivity index (χ0n) is 17.3. The van der Waals surface area contributed by atoms with Crippen molar-refractivity contribution >= 4 is 34.2 Å². The largest absolute Gasteiger partial charge is 0.622 e. The molecule has 1 aliphatic rings. The summed E-state index contributed by atoms with van der Waals surface area (Å²) in [4.78, 5) is 18.6. The molecule has 10 heteroatoms. The molecule has 0 bridgehead atoms. The Balaban J connectivity index is 1.95. The van der Waals surface area contributed by atoms with Gasteiger partial charge in [0.15, 0.2) is 4.34 Å². The smallest absolute Gasteiger partial charge is 0.344 e. The number of hydroxylamine groups is 2. The number of ether oxygens (including phenoxy) is 1. The number of thioether (sulfide) groups is 1. The minimum Gasteiger partial charge on any atom is -0.622 e. The maximum absolute atomic E-state index is 14.1. The van der Waals surface area contributed by atoms with Crippen LogP contribution in [0.15, 0.2) is 28.9 Å². The van der Waals surface area contributed by atoms with Gasteiger partial charge in [-0.1, -0.05) is 43.6 Å². The van der Waals surface area contributed by atoms with Crippen molar-refractivity contribution in [1.29, 1.82) is 0 Å². The van der Waals surface area contributed by atoms with Gasteiger partial charge in [-0.25, -0.2) is 9.69 Å². The lowest BCUT2D eigenvalue weighted by Gasteiger charge is -2.40. The molecule has 2 aromatic heterocycles. The molecule has 3 heterocycles. The van der Waals surface area contributed by atoms with Gasteiger partial charge in [-0.3, -0.25) is 9.63 Å². The highest BCUT2D eigenvalue weighted by molar-refractivity contribution is 8.01. The van der Waals surface area contributed by atoms with E-state index in [4.69, 9.17) is 11.2 Å². The van der Waals surface area contributed by atoms with Crippen molar-refractivity contribution in [3.63, 3.8) is 0 Å². The third-order valence-corrected chi connectivity index (χ3v) is 7.44. The van der Waals surface area contributed by atoms with Crippen LogP contribution in [0, 0.1) is 17.6 Å². The molecule has 1 aliphatic heterocycles. The van der Waals surface area contributed by atoms with Gasteiger partial charge >= 0.3 is 11.1 Å². The molecule has 2 atom stereocenters. The van der Waals surface area contributed by atoms with Crippen LogP contribution in [0.3, 0.4) is 0 Å². The Kier molecular flexibility index (Phi) is 7.10. The van der Waals surface area contributed by atoms with Crippen LogP contribution in [-0.2, 0) is 4.74 Å². The van der Waals surface area contributed by atoms with E-state index in [0.717, 1.165) is 5.75 Å². The number of hydrogen-bond acceptors (Lipinski definition) is 9. The second-order valence-corrected chi connectivity index (χ2v) is 9.39. The number of hydrogen-bond donors (Lipinski definition) is 0. The summed E-state index contributed by atoms with van der Waals surface area (Å²) in [6.07, 6.45) is 9.21. The summed E-state index contributed by atoms with van der Waals surface area (Å²) in [5.41, 5.74) is -0.300.